The number of nitrogens with one attached hydrogen (secondary N) is 1. The molecule has 0 aliphatic heterocycles. The molecule has 1 aliphatic carbocycles. The molecule has 0 spiro atoms. The van der Waals surface area contributed by atoms with Gasteiger partial charge in [-0.05, 0) is 67.8 Å². The molecule has 5 nitrogen and oxygen atoms in total. The first kappa shape index (κ1) is 18.6. The Morgan fingerprint density at radius 1 is 1.18 bits per heavy atom. The summed E-state index contributed by atoms with van der Waals surface area (Å²) in [5.41, 5.74) is 2.89. The van der Waals surface area contributed by atoms with Crippen LogP contribution in [0.4, 0.5) is 0 Å². The Hall–Kier alpha value is -2.79. The number of carbonyl (C=O) groups is 2. The fraction of sp³-hybridized carbons (Fsp3) is 0.273. The second-order valence-electron chi connectivity index (χ2n) is 7.11. The van der Waals surface area contributed by atoms with Crippen LogP contribution in [-0.2, 0) is 11.2 Å². The van der Waals surface area contributed by atoms with Crippen LogP contribution >= 0.6 is 11.6 Å². The number of halogens is 1. The van der Waals surface area contributed by atoms with Crippen molar-refractivity contribution in [3.8, 4) is 5.75 Å². The van der Waals surface area contributed by atoms with Crippen LogP contribution < -0.4 is 10.1 Å². The summed E-state index contributed by atoms with van der Waals surface area (Å²) in [6, 6.07) is 12.7. The molecule has 1 fully saturated rings. The zero-order valence-corrected chi connectivity index (χ0v) is 16.5. The molecule has 1 N–H and O–H groups in total. The molecule has 2 aromatic carbocycles. The Balaban J connectivity index is 1.81. The van der Waals surface area contributed by atoms with Crippen molar-refractivity contribution >= 4 is 34.3 Å². The number of nitrogens with zero attached hydrogens (tertiary/aromatic N) is 1. The van der Waals surface area contributed by atoms with Crippen molar-refractivity contribution in [3.05, 3.63) is 64.3 Å². The minimum absolute atomic E-state index is 0.0218. The molecule has 6 heteroatoms. The summed E-state index contributed by atoms with van der Waals surface area (Å²) in [6.45, 7) is 1.88. The smallest absolute Gasteiger partial charge is 0.262 e. The quantitative estimate of drug-likeness (QED) is 0.705. The van der Waals surface area contributed by atoms with Gasteiger partial charge in [-0.1, -0.05) is 11.6 Å². The molecule has 0 saturated heterocycles. The fourth-order valence-corrected chi connectivity index (χ4v) is 3.59. The molecule has 144 valence electrons. The number of fused-ring (bicyclic) bond motifs is 1. The summed E-state index contributed by atoms with van der Waals surface area (Å²) in [4.78, 5) is 25.7. The van der Waals surface area contributed by atoms with Crippen LogP contribution in [-0.4, -0.2) is 29.5 Å². The van der Waals surface area contributed by atoms with E-state index >= 15 is 0 Å². The topological polar surface area (TPSA) is 60.3 Å². The number of amides is 1. The van der Waals surface area contributed by atoms with E-state index in [1.165, 1.54) is 0 Å². The minimum atomic E-state index is -0.154. The van der Waals surface area contributed by atoms with Crippen molar-refractivity contribution in [2.45, 2.75) is 32.2 Å². The number of ether oxygens (including phenoxy) is 1. The van der Waals surface area contributed by atoms with Gasteiger partial charge in [0.25, 0.3) is 5.91 Å². The summed E-state index contributed by atoms with van der Waals surface area (Å²) < 4.78 is 7.02. The third-order valence-electron chi connectivity index (χ3n) is 5.12. The maximum Gasteiger partial charge on any atom is 0.262 e. The number of hydrogen-bond donors (Lipinski definition) is 1. The molecule has 0 unspecified atom stereocenters. The monoisotopic (exact) mass is 396 g/mol. The van der Waals surface area contributed by atoms with E-state index in [2.05, 4.69) is 5.32 Å². The first-order valence-electron chi connectivity index (χ1n) is 9.25. The van der Waals surface area contributed by atoms with E-state index in [0.29, 0.717) is 22.4 Å². The van der Waals surface area contributed by atoms with Crippen LogP contribution in [0.2, 0.25) is 5.02 Å². The summed E-state index contributed by atoms with van der Waals surface area (Å²) in [7, 11) is 1.60. The van der Waals surface area contributed by atoms with Crippen molar-refractivity contribution in [1.82, 2.24) is 9.88 Å². The number of methoxy groups -OCH3 is 1. The molecular weight excluding hydrogens is 376 g/mol. The fourth-order valence-electron chi connectivity index (χ4n) is 3.46. The lowest BCUT2D eigenvalue weighted by molar-refractivity contribution is -0.120. The first-order valence-corrected chi connectivity index (χ1v) is 9.63. The predicted octanol–water partition coefficient (Wildman–Crippen LogP) is 4.12. The molecule has 0 radical (unpaired) electrons. The van der Waals surface area contributed by atoms with Crippen LogP contribution in [0.25, 0.3) is 10.9 Å². The molecule has 3 aromatic rings. The van der Waals surface area contributed by atoms with Crippen LogP contribution in [0.15, 0.2) is 42.5 Å². The third-order valence-corrected chi connectivity index (χ3v) is 5.37. The van der Waals surface area contributed by atoms with E-state index < -0.39 is 0 Å². The average Bonchev–Trinajstić information content (AvgIpc) is 3.46. The molecular formula is C22H21ClN2O3. The van der Waals surface area contributed by atoms with E-state index in [0.717, 1.165) is 35.0 Å². The standard InChI is InChI=1S/C22H21ClN2O3/c1-13-18(12-21(26)24-16-7-8-16)19-11-17(28-2)9-10-20(19)25(13)22(27)14-3-5-15(23)6-4-14/h3-6,9-11,16H,7-8,12H2,1-2H3,(H,24,26). The second-order valence-corrected chi connectivity index (χ2v) is 7.55. The Bertz CT molecular complexity index is 1070. The molecule has 0 bridgehead atoms. The van der Waals surface area contributed by atoms with Gasteiger partial charge in [-0.3, -0.25) is 14.2 Å². The van der Waals surface area contributed by atoms with Gasteiger partial charge in [-0.15, -0.1) is 0 Å². The van der Waals surface area contributed by atoms with Gasteiger partial charge >= 0.3 is 0 Å². The van der Waals surface area contributed by atoms with Crippen LogP contribution in [0.1, 0.15) is 34.5 Å². The molecule has 1 aliphatic rings. The molecule has 1 heterocycles. The molecule has 1 amide bonds. The summed E-state index contributed by atoms with van der Waals surface area (Å²) >= 11 is 5.95. The lowest BCUT2D eigenvalue weighted by Gasteiger charge is -2.08. The van der Waals surface area contributed by atoms with E-state index in [-0.39, 0.29) is 18.2 Å². The third kappa shape index (κ3) is 3.50. The molecule has 0 atom stereocenters. The SMILES string of the molecule is COc1ccc2c(c1)c(CC(=O)NC1CC1)c(C)n2C(=O)c1ccc(Cl)cc1. The minimum Gasteiger partial charge on any atom is -0.497 e. The van der Waals surface area contributed by atoms with E-state index in [9.17, 15) is 9.59 Å². The molecule has 1 aromatic heterocycles. The highest BCUT2D eigenvalue weighted by atomic mass is 35.5. The summed E-state index contributed by atoms with van der Waals surface area (Å²) in [5.74, 6) is 0.511. The summed E-state index contributed by atoms with van der Waals surface area (Å²) in [5, 5.41) is 4.45. The van der Waals surface area contributed by atoms with Crippen molar-refractivity contribution in [1.29, 1.82) is 0 Å². The zero-order valence-electron chi connectivity index (χ0n) is 15.8. The first-order chi connectivity index (χ1) is 13.5. The molecule has 1 saturated carbocycles. The number of rotatable bonds is 5. The van der Waals surface area contributed by atoms with Crippen molar-refractivity contribution in [2.75, 3.05) is 7.11 Å². The van der Waals surface area contributed by atoms with Crippen molar-refractivity contribution in [2.24, 2.45) is 0 Å². The highest BCUT2D eigenvalue weighted by Gasteiger charge is 2.26. The average molecular weight is 397 g/mol. The Labute approximate surface area is 168 Å². The predicted molar refractivity (Wildman–Crippen MR) is 109 cm³/mol. The molecule has 4 rings (SSSR count). The van der Waals surface area contributed by atoms with Gasteiger partial charge in [0.05, 0.1) is 19.0 Å². The van der Waals surface area contributed by atoms with Gasteiger partial charge in [0, 0.05) is 27.7 Å². The number of aromatic nitrogens is 1. The van der Waals surface area contributed by atoms with Gasteiger partial charge in [-0.25, -0.2) is 0 Å². The lowest BCUT2D eigenvalue weighted by Crippen LogP contribution is -2.27. The normalized spacial score (nSPS) is 13.5. The summed E-state index contributed by atoms with van der Waals surface area (Å²) in [6.07, 6.45) is 2.30. The highest BCUT2D eigenvalue weighted by Crippen LogP contribution is 2.31. The highest BCUT2D eigenvalue weighted by molar-refractivity contribution is 6.30. The Morgan fingerprint density at radius 2 is 1.89 bits per heavy atom. The van der Waals surface area contributed by atoms with E-state index in [4.69, 9.17) is 16.3 Å². The number of benzene rings is 2. The van der Waals surface area contributed by atoms with E-state index in [1.54, 1.807) is 35.9 Å². The maximum atomic E-state index is 13.2. The maximum absolute atomic E-state index is 13.2. The van der Waals surface area contributed by atoms with Gasteiger partial charge in [0.1, 0.15) is 5.75 Å². The number of hydrogen-bond acceptors (Lipinski definition) is 3. The largest absolute Gasteiger partial charge is 0.497 e. The van der Waals surface area contributed by atoms with Crippen LogP contribution in [0, 0.1) is 6.92 Å². The Kier molecular flexibility index (Phi) is 4.85. The second kappa shape index (κ2) is 7.32. The zero-order chi connectivity index (χ0) is 19.8. The van der Waals surface area contributed by atoms with E-state index in [1.807, 2.05) is 25.1 Å². The van der Waals surface area contributed by atoms with Crippen molar-refractivity contribution in [3.63, 3.8) is 0 Å². The van der Waals surface area contributed by atoms with Crippen molar-refractivity contribution < 1.29 is 14.3 Å². The van der Waals surface area contributed by atoms with Gasteiger partial charge in [0.15, 0.2) is 0 Å². The van der Waals surface area contributed by atoms with Gasteiger partial charge < -0.3 is 10.1 Å². The van der Waals surface area contributed by atoms with Crippen LogP contribution in [0.3, 0.4) is 0 Å². The van der Waals surface area contributed by atoms with Crippen LogP contribution in [0.5, 0.6) is 5.75 Å². The number of carbonyl (C=O) groups excluding carboxylic acids is 2. The molecule has 28 heavy (non-hydrogen) atoms. The van der Waals surface area contributed by atoms with Gasteiger partial charge in [-0.2, -0.15) is 0 Å². The Morgan fingerprint density at radius 3 is 2.54 bits per heavy atom. The van der Waals surface area contributed by atoms with Gasteiger partial charge in [0.2, 0.25) is 5.91 Å². The lowest BCUT2D eigenvalue weighted by atomic mass is 10.1.